The van der Waals surface area contributed by atoms with Crippen molar-refractivity contribution in [1.29, 1.82) is 5.26 Å². The van der Waals surface area contributed by atoms with E-state index >= 15 is 0 Å². The van der Waals surface area contributed by atoms with Crippen molar-refractivity contribution < 1.29 is 9.47 Å². The largest absolute Gasteiger partial charge is 0.497 e. The summed E-state index contributed by atoms with van der Waals surface area (Å²) in [5.41, 5.74) is 3.08. The summed E-state index contributed by atoms with van der Waals surface area (Å²) >= 11 is 0. The van der Waals surface area contributed by atoms with Crippen molar-refractivity contribution in [2.24, 2.45) is 0 Å². The zero-order valence-corrected chi connectivity index (χ0v) is 12.1. The SMILES string of the molecule is COc1ccc2c(c1)OCC(/C=C(\C#N)c1ccccn1)=C2. The lowest BCUT2D eigenvalue weighted by Gasteiger charge is -2.17. The lowest BCUT2D eigenvalue weighted by molar-refractivity contribution is 0.346. The fraction of sp³-hybridized carbons (Fsp3) is 0.111. The summed E-state index contributed by atoms with van der Waals surface area (Å²) in [5.74, 6) is 1.55. The molecular formula is C18H14N2O2. The lowest BCUT2D eigenvalue weighted by Crippen LogP contribution is -2.06. The van der Waals surface area contributed by atoms with E-state index in [-0.39, 0.29) is 0 Å². The number of ether oxygens (including phenoxy) is 2. The number of fused-ring (bicyclic) bond motifs is 1. The van der Waals surface area contributed by atoms with Crippen LogP contribution in [0.15, 0.2) is 54.2 Å². The van der Waals surface area contributed by atoms with Gasteiger partial charge in [-0.1, -0.05) is 6.07 Å². The molecule has 3 rings (SSSR count). The summed E-state index contributed by atoms with van der Waals surface area (Å²) in [6, 6.07) is 13.4. The summed E-state index contributed by atoms with van der Waals surface area (Å²) in [4.78, 5) is 4.21. The molecule has 4 nitrogen and oxygen atoms in total. The maximum absolute atomic E-state index is 9.33. The number of hydrogen-bond donors (Lipinski definition) is 0. The first-order valence-electron chi connectivity index (χ1n) is 6.85. The molecule has 0 fully saturated rings. The monoisotopic (exact) mass is 290 g/mol. The Kier molecular flexibility index (Phi) is 3.88. The van der Waals surface area contributed by atoms with Crippen molar-refractivity contribution in [3.63, 3.8) is 0 Å². The molecule has 0 aliphatic carbocycles. The second-order valence-electron chi connectivity index (χ2n) is 4.80. The molecule has 1 aliphatic heterocycles. The normalized spacial score (nSPS) is 13.5. The first-order chi connectivity index (χ1) is 10.8. The number of allylic oxidation sites excluding steroid dienone is 1. The van der Waals surface area contributed by atoms with E-state index in [1.165, 1.54) is 0 Å². The average Bonchev–Trinajstić information content (AvgIpc) is 2.59. The molecule has 0 bridgehead atoms. The number of aromatic nitrogens is 1. The van der Waals surface area contributed by atoms with Crippen LogP contribution in [-0.2, 0) is 0 Å². The van der Waals surface area contributed by atoms with E-state index < -0.39 is 0 Å². The maximum atomic E-state index is 9.33. The number of rotatable bonds is 3. The van der Waals surface area contributed by atoms with Crippen LogP contribution in [0.5, 0.6) is 11.5 Å². The summed E-state index contributed by atoms with van der Waals surface area (Å²) in [6.45, 7) is 0.415. The van der Waals surface area contributed by atoms with Crippen molar-refractivity contribution in [2.45, 2.75) is 0 Å². The quantitative estimate of drug-likeness (QED) is 0.812. The molecule has 0 radical (unpaired) electrons. The molecule has 2 heterocycles. The minimum Gasteiger partial charge on any atom is -0.497 e. The maximum Gasteiger partial charge on any atom is 0.130 e. The molecule has 2 aromatic rings. The van der Waals surface area contributed by atoms with Crippen molar-refractivity contribution in [2.75, 3.05) is 13.7 Å². The van der Waals surface area contributed by atoms with E-state index in [9.17, 15) is 5.26 Å². The lowest BCUT2D eigenvalue weighted by atomic mass is 10.0. The molecular weight excluding hydrogens is 276 g/mol. The van der Waals surface area contributed by atoms with Gasteiger partial charge in [-0.3, -0.25) is 4.98 Å². The Balaban J connectivity index is 1.94. The Labute approximate surface area is 128 Å². The molecule has 1 aromatic heterocycles. The predicted molar refractivity (Wildman–Crippen MR) is 84.3 cm³/mol. The van der Waals surface area contributed by atoms with Crippen LogP contribution >= 0.6 is 0 Å². The van der Waals surface area contributed by atoms with Gasteiger partial charge >= 0.3 is 0 Å². The molecule has 0 unspecified atom stereocenters. The van der Waals surface area contributed by atoms with Gasteiger partial charge in [0.25, 0.3) is 0 Å². The second kappa shape index (κ2) is 6.15. The number of pyridine rings is 1. The third kappa shape index (κ3) is 2.84. The van der Waals surface area contributed by atoms with E-state index in [1.807, 2.05) is 48.6 Å². The second-order valence-corrected chi connectivity index (χ2v) is 4.80. The van der Waals surface area contributed by atoms with Crippen molar-refractivity contribution in [3.8, 4) is 17.6 Å². The Morgan fingerprint density at radius 3 is 3.00 bits per heavy atom. The highest BCUT2D eigenvalue weighted by Gasteiger charge is 2.12. The zero-order valence-electron chi connectivity index (χ0n) is 12.1. The van der Waals surface area contributed by atoms with E-state index in [0.717, 1.165) is 22.6 Å². The average molecular weight is 290 g/mol. The summed E-state index contributed by atoms with van der Waals surface area (Å²) in [5, 5.41) is 9.33. The van der Waals surface area contributed by atoms with Crippen LogP contribution in [0, 0.1) is 11.3 Å². The highest BCUT2D eigenvalue weighted by molar-refractivity contribution is 5.79. The van der Waals surface area contributed by atoms with Crippen LogP contribution < -0.4 is 9.47 Å². The Morgan fingerprint density at radius 2 is 2.27 bits per heavy atom. The summed E-state index contributed by atoms with van der Waals surface area (Å²) in [7, 11) is 1.63. The standard InChI is InChI=1S/C18H14N2O2/c1-21-16-6-5-14-8-13(12-22-18(14)10-16)9-15(11-19)17-4-2-3-7-20-17/h2-10H,12H2,1H3/b15-9+. The van der Waals surface area contributed by atoms with Crippen LogP contribution in [0.3, 0.4) is 0 Å². The predicted octanol–water partition coefficient (Wildman–Crippen LogP) is 3.47. The zero-order chi connectivity index (χ0) is 15.4. The van der Waals surface area contributed by atoms with Gasteiger partial charge in [0.2, 0.25) is 0 Å². The van der Waals surface area contributed by atoms with Crippen molar-refractivity contribution in [1.82, 2.24) is 4.98 Å². The number of benzene rings is 1. The summed E-state index contributed by atoms with van der Waals surface area (Å²) in [6.07, 6.45) is 5.50. The fourth-order valence-electron chi connectivity index (χ4n) is 2.24. The molecule has 0 saturated carbocycles. The van der Waals surface area contributed by atoms with Gasteiger partial charge in [-0.2, -0.15) is 5.26 Å². The van der Waals surface area contributed by atoms with Crippen LogP contribution in [-0.4, -0.2) is 18.7 Å². The van der Waals surface area contributed by atoms with Gasteiger partial charge in [-0.15, -0.1) is 0 Å². The number of methoxy groups -OCH3 is 1. The Bertz CT molecular complexity index is 786. The molecule has 1 aromatic carbocycles. The molecule has 0 saturated heterocycles. The van der Waals surface area contributed by atoms with Gasteiger partial charge < -0.3 is 9.47 Å². The van der Waals surface area contributed by atoms with Gasteiger partial charge in [0.05, 0.1) is 18.4 Å². The topological polar surface area (TPSA) is 55.1 Å². The van der Waals surface area contributed by atoms with E-state index in [4.69, 9.17) is 9.47 Å². The molecule has 0 atom stereocenters. The smallest absolute Gasteiger partial charge is 0.130 e. The van der Waals surface area contributed by atoms with E-state index in [2.05, 4.69) is 11.1 Å². The van der Waals surface area contributed by atoms with E-state index in [1.54, 1.807) is 13.3 Å². The molecule has 0 spiro atoms. The number of hydrogen-bond acceptors (Lipinski definition) is 4. The molecule has 0 amide bonds. The first kappa shape index (κ1) is 13.9. The molecule has 0 N–H and O–H groups in total. The molecule has 22 heavy (non-hydrogen) atoms. The minimum absolute atomic E-state index is 0.415. The van der Waals surface area contributed by atoms with Gasteiger partial charge in [-0.25, -0.2) is 0 Å². The van der Waals surface area contributed by atoms with Crippen LogP contribution in [0.4, 0.5) is 0 Å². The highest BCUT2D eigenvalue weighted by atomic mass is 16.5. The number of nitrogens with zero attached hydrogens (tertiary/aromatic N) is 2. The van der Waals surface area contributed by atoms with Crippen molar-refractivity contribution in [3.05, 3.63) is 65.5 Å². The minimum atomic E-state index is 0.415. The van der Waals surface area contributed by atoms with Crippen LogP contribution in [0.25, 0.3) is 11.6 Å². The fourth-order valence-corrected chi connectivity index (χ4v) is 2.24. The molecule has 4 heteroatoms. The summed E-state index contributed by atoms with van der Waals surface area (Å²) < 4.78 is 10.9. The van der Waals surface area contributed by atoms with E-state index in [0.29, 0.717) is 17.9 Å². The van der Waals surface area contributed by atoms with Gasteiger partial charge in [0, 0.05) is 17.8 Å². The van der Waals surface area contributed by atoms with Gasteiger partial charge in [0.15, 0.2) is 0 Å². The van der Waals surface area contributed by atoms with Gasteiger partial charge in [0.1, 0.15) is 24.2 Å². The Hall–Kier alpha value is -3.06. The highest BCUT2D eigenvalue weighted by Crippen LogP contribution is 2.31. The first-order valence-corrected chi connectivity index (χ1v) is 6.85. The van der Waals surface area contributed by atoms with Crippen LogP contribution in [0.1, 0.15) is 11.3 Å². The third-order valence-electron chi connectivity index (χ3n) is 3.35. The Morgan fingerprint density at radius 1 is 1.36 bits per heavy atom. The van der Waals surface area contributed by atoms with Crippen molar-refractivity contribution >= 4 is 11.6 Å². The van der Waals surface area contributed by atoms with Gasteiger partial charge in [-0.05, 0) is 42.0 Å². The van der Waals surface area contributed by atoms with Crippen LogP contribution in [0.2, 0.25) is 0 Å². The molecule has 1 aliphatic rings. The molecule has 108 valence electrons. The third-order valence-corrected chi connectivity index (χ3v) is 3.35. The number of nitriles is 1.